The maximum Gasteiger partial charge on any atom is 0.0714 e. The Labute approximate surface area is 406 Å². The van der Waals surface area contributed by atoms with E-state index in [9.17, 15) is 0 Å². The number of anilines is 2. The molecule has 0 N–H and O–H groups in total. The van der Waals surface area contributed by atoms with Gasteiger partial charge in [-0.1, -0.05) is 239 Å². The second kappa shape index (κ2) is 17.1. The van der Waals surface area contributed by atoms with Gasteiger partial charge < -0.3 is 4.90 Å². The van der Waals surface area contributed by atoms with Gasteiger partial charge in [-0.3, -0.25) is 0 Å². The molecule has 3 aliphatic rings. The van der Waals surface area contributed by atoms with Gasteiger partial charge in [-0.25, -0.2) is 0 Å². The molecule has 13 rings (SSSR count). The van der Waals surface area contributed by atoms with E-state index in [1.54, 1.807) is 0 Å². The van der Waals surface area contributed by atoms with Crippen LogP contribution >= 0.6 is 0 Å². The minimum Gasteiger partial charge on any atom is -0.310 e. The van der Waals surface area contributed by atoms with E-state index in [1.165, 1.54) is 137 Å². The Morgan fingerprint density at radius 2 is 1.12 bits per heavy atom. The van der Waals surface area contributed by atoms with Crippen LogP contribution in [0.4, 0.5) is 11.4 Å². The van der Waals surface area contributed by atoms with Crippen LogP contribution in [0.5, 0.6) is 0 Å². The number of rotatable bonds is 8. The van der Waals surface area contributed by atoms with Crippen molar-refractivity contribution in [2.45, 2.75) is 56.8 Å². The van der Waals surface area contributed by atoms with Crippen LogP contribution in [-0.4, -0.2) is 0 Å². The first-order valence-corrected chi connectivity index (χ1v) is 25.3. The third kappa shape index (κ3) is 6.74. The highest BCUT2D eigenvalue weighted by atomic mass is 15.2. The van der Waals surface area contributed by atoms with Crippen LogP contribution in [-0.2, 0) is 5.41 Å². The van der Waals surface area contributed by atoms with Crippen molar-refractivity contribution < 1.29 is 0 Å². The highest BCUT2D eigenvalue weighted by Crippen LogP contribution is 2.60. The molecule has 332 valence electrons. The fourth-order valence-corrected chi connectivity index (χ4v) is 12.8. The van der Waals surface area contributed by atoms with E-state index in [1.807, 2.05) is 0 Å². The summed E-state index contributed by atoms with van der Waals surface area (Å²) in [5.41, 5.74) is 17.4. The van der Waals surface area contributed by atoms with E-state index in [-0.39, 0.29) is 0 Å². The predicted molar refractivity (Wildman–Crippen MR) is 292 cm³/mol. The quantitative estimate of drug-likeness (QED) is 0.137. The van der Waals surface area contributed by atoms with Gasteiger partial charge >= 0.3 is 0 Å². The molecule has 0 radical (unpaired) electrons. The topological polar surface area (TPSA) is 3.24 Å². The zero-order chi connectivity index (χ0) is 45.9. The monoisotopic (exact) mass is 885 g/mol. The maximum absolute atomic E-state index is 2.65. The van der Waals surface area contributed by atoms with Crippen molar-refractivity contribution in [3.05, 3.63) is 270 Å². The number of nitrogens with zero attached hydrogens (tertiary/aromatic N) is 1. The third-order valence-electron chi connectivity index (χ3n) is 15.8. The Morgan fingerprint density at radius 3 is 1.94 bits per heavy atom. The smallest absolute Gasteiger partial charge is 0.0714 e. The largest absolute Gasteiger partial charge is 0.310 e. The number of benzene rings is 10. The number of fused-ring (bicyclic) bond motifs is 7. The molecule has 69 heavy (non-hydrogen) atoms. The molecule has 1 atom stereocenters. The first kappa shape index (κ1) is 41.4. The van der Waals surface area contributed by atoms with Gasteiger partial charge in [0.05, 0.1) is 11.1 Å². The minimum atomic E-state index is -0.527. The molecule has 0 aliphatic heterocycles. The summed E-state index contributed by atoms with van der Waals surface area (Å²) in [6.07, 6.45) is 12.6. The Kier molecular flexibility index (Phi) is 10.3. The van der Waals surface area contributed by atoms with Gasteiger partial charge in [-0.05, 0) is 132 Å². The summed E-state index contributed by atoms with van der Waals surface area (Å²) in [6, 6.07) is 82.5. The summed E-state index contributed by atoms with van der Waals surface area (Å²) in [6.45, 7) is 2.39. The number of hydrogen-bond acceptors (Lipinski definition) is 1. The van der Waals surface area contributed by atoms with Crippen LogP contribution in [0, 0.1) is 5.92 Å². The lowest BCUT2D eigenvalue weighted by Crippen LogP contribution is -2.28. The predicted octanol–water partition coefficient (Wildman–Crippen LogP) is 18.4. The van der Waals surface area contributed by atoms with Gasteiger partial charge in [0.1, 0.15) is 0 Å². The van der Waals surface area contributed by atoms with Crippen molar-refractivity contribution in [1.29, 1.82) is 0 Å². The van der Waals surface area contributed by atoms with Crippen LogP contribution in [0.3, 0.4) is 0 Å². The van der Waals surface area contributed by atoms with Gasteiger partial charge in [0, 0.05) is 22.5 Å². The molecule has 0 spiro atoms. The van der Waals surface area contributed by atoms with E-state index < -0.39 is 5.41 Å². The third-order valence-corrected chi connectivity index (χ3v) is 15.8. The number of hydrogen-bond donors (Lipinski definition) is 0. The highest BCUT2D eigenvalue weighted by molar-refractivity contribution is 6.12. The minimum absolute atomic E-state index is 0.338. The van der Waals surface area contributed by atoms with Crippen molar-refractivity contribution in [1.82, 2.24) is 0 Å². The molecule has 0 amide bonds. The molecule has 0 bridgehead atoms. The average Bonchev–Trinajstić information content (AvgIpc) is 3.73. The Hall–Kier alpha value is -7.74. The molecular weight excluding hydrogens is 831 g/mol. The van der Waals surface area contributed by atoms with Crippen molar-refractivity contribution in [2.24, 2.45) is 5.92 Å². The lowest BCUT2D eigenvalue weighted by molar-refractivity contribution is 0.445. The van der Waals surface area contributed by atoms with Crippen molar-refractivity contribution in [3.63, 3.8) is 0 Å². The van der Waals surface area contributed by atoms with Crippen molar-refractivity contribution in [3.8, 4) is 22.3 Å². The van der Waals surface area contributed by atoms with Crippen molar-refractivity contribution in [2.75, 3.05) is 4.90 Å². The van der Waals surface area contributed by atoms with E-state index in [2.05, 4.69) is 242 Å². The molecule has 0 saturated heterocycles. The number of allylic oxidation sites excluding steroid dienone is 3. The average molecular weight is 886 g/mol. The summed E-state index contributed by atoms with van der Waals surface area (Å²) in [5.74, 6) is 0.910. The second-order valence-electron chi connectivity index (χ2n) is 19.8. The first-order valence-electron chi connectivity index (χ1n) is 25.3. The maximum atomic E-state index is 2.65. The Bertz CT molecular complexity index is 3600. The van der Waals surface area contributed by atoms with E-state index >= 15 is 0 Å². The van der Waals surface area contributed by atoms with E-state index in [0.717, 1.165) is 12.1 Å². The molecule has 0 aromatic heterocycles. The normalized spacial score (nSPS) is 16.5. The molecule has 10 aromatic rings. The highest BCUT2D eigenvalue weighted by Gasteiger charge is 2.47. The van der Waals surface area contributed by atoms with Gasteiger partial charge in [0.15, 0.2) is 0 Å². The van der Waals surface area contributed by atoms with Gasteiger partial charge in [-0.15, -0.1) is 0 Å². The zero-order valence-electron chi connectivity index (χ0n) is 39.3. The van der Waals surface area contributed by atoms with Gasteiger partial charge in [0.2, 0.25) is 0 Å². The molecule has 0 heterocycles. The lowest BCUT2D eigenvalue weighted by atomic mass is 9.68. The van der Waals surface area contributed by atoms with E-state index in [4.69, 9.17) is 0 Å². The summed E-state index contributed by atoms with van der Waals surface area (Å²) < 4.78 is 0. The molecule has 1 heteroatoms. The summed E-state index contributed by atoms with van der Waals surface area (Å²) >= 11 is 0. The second-order valence-corrected chi connectivity index (χ2v) is 19.8. The van der Waals surface area contributed by atoms with Gasteiger partial charge in [0.25, 0.3) is 0 Å². The van der Waals surface area contributed by atoms with Crippen LogP contribution in [0.25, 0.3) is 60.1 Å². The SMILES string of the molecule is CC1C=C(N(c2cccc(-c3cccc4c3ccc3ccccc34)c2)c2cccc3c2-c2ccccc2C3(c2ccccc2)c2ccccc2)C(c2cccc3cccc(C4CCCCC4)c23)=CC1. The van der Waals surface area contributed by atoms with Crippen LogP contribution in [0.15, 0.2) is 236 Å². The fourth-order valence-electron chi connectivity index (χ4n) is 12.8. The van der Waals surface area contributed by atoms with Gasteiger partial charge in [-0.2, -0.15) is 0 Å². The molecule has 1 saturated carbocycles. The summed E-state index contributed by atoms with van der Waals surface area (Å²) in [7, 11) is 0. The molecule has 1 fully saturated rings. The van der Waals surface area contributed by atoms with E-state index in [0.29, 0.717) is 11.8 Å². The van der Waals surface area contributed by atoms with Crippen molar-refractivity contribution >= 4 is 49.3 Å². The van der Waals surface area contributed by atoms with Crippen LogP contribution < -0.4 is 4.90 Å². The standard InChI is InChI=1S/C68H55N/c1-46-40-42-59(60-36-17-24-49-23-16-34-56(66(49)60)47-20-5-2-6-21-47)65(44-46)69(53-30-15-25-50(45-53)55-33-18-35-57-54-31-12-11-22-48(54)41-43-58(55)57)64-39-19-38-63-67(64)61-32-13-14-37-62(61)68(63,51-26-7-3-8-27-51)52-28-9-4-10-29-52/h3-4,7-19,22-39,41-47H,2,5-6,20-21,40H2,1H3. The molecule has 1 nitrogen and oxygen atoms in total. The molecule has 1 unspecified atom stereocenters. The first-order chi connectivity index (χ1) is 34.2. The fraction of sp³-hybridized carbons (Fsp3) is 0.147. The van der Waals surface area contributed by atoms with Crippen LogP contribution in [0.2, 0.25) is 0 Å². The zero-order valence-corrected chi connectivity index (χ0v) is 39.3. The molecule has 3 aliphatic carbocycles. The Morgan fingerprint density at radius 1 is 0.478 bits per heavy atom. The Balaban J connectivity index is 1.09. The molecular formula is C68H55N. The summed E-state index contributed by atoms with van der Waals surface area (Å²) in [4.78, 5) is 2.65. The summed E-state index contributed by atoms with van der Waals surface area (Å²) in [5, 5.41) is 7.85. The lowest BCUT2D eigenvalue weighted by Gasteiger charge is -2.36. The van der Waals surface area contributed by atoms with Crippen LogP contribution in [0.1, 0.15) is 84.7 Å². The molecule has 10 aromatic carbocycles.